The summed E-state index contributed by atoms with van der Waals surface area (Å²) >= 11 is 0. The molecule has 108 valence electrons. The monoisotopic (exact) mass is 285 g/mol. The summed E-state index contributed by atoms with van der Waals surface area (Å²) in [4.78, 5) is 11.8. The van der Waals surface area contributed by atoms with Crippen molar-refractivity contribution in [3.63, 3.8) is 0 Å². The van der Waals surface area contributed by atoms with E-state index in [0.717, 1.165) is 16.8 Å². The van der Waals surface area contributed by atoms with Crippen LogP contribution in [0.5, 0.6) is 11.5 Å². The SMILES string of the molecule is Cc1ccccc1NC(=O)OCc1ccc2c(c1)OCO2. The van der Waals surface area contributed by atoms with Crippen molar-refractivity contribution in [1.29, 1.82) is 0 Å². The molecule has 0 saturated carbocycles. The van der Waals surface area contributed by atoms with Crippen LogP contribution < -0.4 is 14.8 Å². The second-order valence-electron chi connectivity index (χ2n) is 4.70. The van der Waals surface area contributed by atoms with Crippen molar-refractivity contribution in [2.75, 3.05) is 12.1 Å². The third kappa shape index (κ3) is 3.08. The molecule has 0 fully saturated rings. The van der Waals surface area contributed by atoms with Crippen LogP contribution in [0.25, 0.3) is 0 Å². The van der Waals surface area contributed by atoms with Gasteiger partial charge >= 0.3 is 6.09 Å². The van der Waals surface area contributed by atoms with E-state index in [1.165, 1.54) is 0 Å². The van der Waals surface area contributed by atoms with Crippen molar-refractivity contribution >= 4 is 11.8 Å². The van der Waals surface area contributed by atoms with Crippen molar-refractivity contribution in [2.24, 2.45) is 0 Å². The van der Waals surface area contributed by atoms with Crippen LogP contribution in [-0.4, -0.2) is 12.9 Å². The average Bonchev–Trinajstić information content (AvgIpc) is 2.95. The van der Waals surface area contributed by atoms with E-state index in [9.17, 15) is 4.79 Å². The molecule has 0 aliphatic carbocycles. The molecular formula is C16H15NO4. The van der Waals surface area contributed by atoms with Gasteiger partial charge in [-0.2, -0.15) is 0 Å². The van der Waals surface area contributed by atoms with Gasteiger partial charge in [-0.15, -0.1) is 0 Å². The zero-order chi connectivity index (χ0) is 14.7. The highest BCUT2D eigenvalue weighted by Gasteiger charge is 2.14. The van der Waals surface area contributed by atoms with E-state index in [1.807, 2.05) is 43.3 Å². The standard InChI is InChI=1S/C16H15NO4/c1-11-4-2-3-5-13(11)17-16(18)19-9-12-6-7-14-15(8-12)21-10-20-14/h2-8H,9-10H2,1H3,(H,17,18). The van der Waals surface area contributed by atoms with Crippen molar-refractivity contribution < 1.29 is 19.0 Å². The van der Waals surface area contributed by atoms with Gasteiger partial charge in [-0.3, -0.25) is 5.32 Å². The maximum Gasteiger partial charge on any atom is 0.411 e. The summed E-state index contributed by atoms with van der Waals surface area (Å²) in [5, 5.41) is 2.72. The molecule has 1 heterocycles. The number of rotatable bonds is 3. The Balaban J connectivity index is 1.58. The third-order valence-electron chi connectivity index (χ3n) is 3.19. The molecule has 1 aliphatic rings. The number of aryl methyl sites for hydroxylation is 1. The smallest absolute Gasteiger partial charge is 0.411 e. The van der Waals surface area contributed by atoms with Gasteiger partial charge in [-0.1, -0.05) is 24.3 Å². The van der Waals surface area contributed by atoms with Crippen LogP contribution in [0.1, 0.15) is 11.1 Å². The molecule has 2 aromatic carbocycles. The number of ether oxygens (including phenoxy) is 3. The predicted octanol–water partition coefficient (Wildman–Crippen LogP) is 3.47. The van der Waals surface area contributed by atoms with Crippen LogP contribution in [-0.2, 0) is 11.3 Å². The first-order valence-electron chi connectivity index (χ1n) is 6.60. The second kappa shape index (κ2) is 5.75. The van der Waals surface area contributed by atoms with Gasteiger partial charge in [0.05, 0.1) is 0 Å². The second-order valence-corrected chi connectivity index (χ2v) is 4.70. The first kappa shape index (κ1) is 13.3. The number of para-hydroxylation sites is 1. The summed E-state index contributed by atoms with van der Waals surface area (Å²) in [7, 11) is 0. The Bertz CT molecular complexity index is 669. The fourth-order valence-corrected chi connectivity index (χ4v) is 2.04. The van der Waals surface area contributed by atoms with Crippen LogP contribution in [0.4, 0.5) is 10.5 Å². The molecule has 0 spiro atoms. The lowest BCUT2D eigenvalue weighted by Crippen LogP contribution is -2.14. The Hall–Kier alpha value is -2.69. The zero-order valence-corrected chi connectivity index (χ0v) is 11.6. The highest BCUT2D eigenvalue weighted by Crippen LogP contribution is 2.32. The number of carbonyl (C=O) groups is 1. The van der Waals surface area contributed by atoms with Gasteiger partial charge in [-0.25, -0.2) is 4.79 Å². The van der Waals surface area contributed by atoms with Crippen molar-refractivity contribution in [3.05, 3.63) is 53.6 Å². The molecule has 0 atom stereocenters. The quantitative estimate of drug-likeness (QED) is 0.938. The average molecular weight is 285 g/mol. The van der Waals surface area contributed by atoms with Gasteiger partial charge in [0.25, 0.3) is 0 Å². The Labute approximate surface area is 122 Å². The zero-order valence-electron chi connectivity index (χ0n) is 11.6. The van der Waals surface area contributed by atoms with Crippen molar-refractivity contribution in [1.82, 2.24) is 0 Å². The molecule has 21 heavy (non-hydrogen) atoms. The third-order valence-corrected chi connectivity index (χ3v) is 3.19. The van der Waals surface area contributed by atoms with Crippen LogP contribution in [0.3, 0.4) is 0 Å². The predicted molar refractivity (Wildman–Crippen MR) is 77.6 cm³/mol. The van der Waals surface area contributed by atoms with Gasteiger partial charge < -0.3 is 14.2 Å². The van der Waals surface area contributed by atoms with Gasteiger partial charge in [0.2, 0.25) is 6.79 Å². The molecule has 2 aromatic rings. The molecular weight excluding hydrogens is 270 g/mol. The van der Waals surface area contributed by atoms with Crippen LogP contribution in [0, 0.1) is 6.92 Å². The van der Waals surface area contributed by atoms with Gasteiger partial charge in [0.15, 0.2) is 11.5 Å². The number of carbonyl (C=O) groups excluding carboxylic acids is 1. The first-order valence-corrected chi connectivity index (χ1v) is 6.60. The topological polar surface area (TPSA) is 56.8 Å². The van der Waals surface area contributed by atoms with Crippen LogP contribution in [0.2, 0.25) is 0 Å². The summed E-state index contributed by atoms with van der Waals surface area (Å²) in [6.07, 6.45) is -0.484. The summed E-state index contributed by atoms with van der Waals surface area (Å²) in [5.41, 5.74) is 2.57. The fourth-order valence-electron chi connectivity index (χ4n) is 2.04. The Morgan fingerprint density at radius 2 is 2.00 bits per heavy atom. The molecule has 1 N–H and O–H groups in total. The lowest BCUT2D eigenvalue weighted by Gasteiger charge is -2.09. The van der Waals surface area contributed by atoms with Gasteiger partial charge in [0, 0.05) is 5.69 Å². The first-order chi connectivity index (χ1) is 10.2. The molecule has 3 rings (SSSR count). The summed E-state index contributed by atoms with van der Waals surface area (Å²) in [6, 6.07) is 13.0. The Morgan fingerprint density at radius 1 is 1.19 bits per heavy atom. The number of hydrogen-bond donors (Lipinski definition) is 1. The van der Waals surface area contributed by atoms with E-state index in [1.54, 1.807) is 6.07 Å². The minimum absolute atomic E-state index is 0.175. The van der Waals surface area contributed by atoms with E-state index in [4.69, 9.17) is 14.2 Å². The van der Waals surface area contributed by atoms with Gasteiger partial charge in [-0.05, 0) is 36.2 Å². The highest BCUT2D eigenvalue weighted by molar-refractivity contribution is 5.85. The van der Waals surface area contributed by atoms with Crippen molar-refractivity contribution in [2.45, 2.75) is 13.5 Å². The van der Waals surface area contributed by atoms with Gasteiger partial charge in [0.1, 0.15) is 6.61 Å². The number of benzene rings is 2. The number of amides is 1. The van der Waals surface area contributed by atoms with Crippen LogP contribution >= 0.6 is 0 Å². The Morgan fingerprint density at radius 3 is 2.86 bits per heavy atom. The van der Waals surface area contributed by atoms with Crippen LogP contribution in [0.15, 0.2) is 42.5 Å². The molecule has 0 unspecified atom stereocenters. The normalized spacial score (nSPS) is 12.0. The lowest BCUT2D eigenvalue weighted by atomic mass is 10.2. The summed E-state index contributed by atoms with van der Waals surface area (Å²) < 4.78 is 15.7. The minimum atomic E-state index is -0.484. The lowest BCUT2D eigenvalue weighted by molar-refractivity contribution is 0.154. The molecule has 0 bridgehead atoms. The highest BCUT2D eigenvalue weighted by atomic mass is 16.7. The number of hydrogen-bond acceptors (Lipinski definition) is 4. The van der Waals surface area contributed by atoms with E-state index in [2.05, 4.69) is 5.32 Å². The number of nitrogens with one attached hydrogen (secondary N) is 1. The van der Waals surface area contributed by atoms with E-state index >= 15 is 0 Å². The summed E-state index contributed by atoms with van der Waals surface area (Å²) in [5.74, 6) is 1.39. The molecule has 0 saturated heterocycles. The molecule has 0 radical (unpaired) electrons. The Kier molecular flexibility index (Phi) is 3.64. The molecule has 5 heteroatoms. The molecule has 1 aliphatic heterocycles. The number of anilines is 1. The largest absolute Gasteiger partial charge is 0.454 e. The maximum absolute atomic E-state index is 11.8. The molecule has 0 aromatic heterocycles. The maximum atomic E-state index is 11.8. The fraction of sp³-hybridized carbons (Fsp3) is 0.188. The van der Waals surface area contributed by atoms with E-state index < -0.39 is 6.09 Å². The summed E-state index contributed by atoms with van der Waals surface area (Å²) in [6.45, 7) is 2.33. The van der Waals surface area contributed by atoms with E-state index in [-0.39, 0.29) is 13.4 Å². The van der Waals surface area contributed by atoms with Crippen molar-refractivity contribution in [3.8, 4) is 11.5 Å². The minimum Gasteiger partial charge on any atom is -0.454 e. The van der Waals surface area contributed by atoms with E-state index in [0.29, 0.717) is 11.5 Å². The number of fused-ring (bicyclic) bond motifs is 1. The molecule has 5 nitrogen and oxygen atoms in total. The molecule has 1 amide bonds.